The summed E-state index contributed by atoms with van der Waals surface area (Å²) in [5.41, 5.74) is -1.47. The molecule has 0 radical (unpaired) electrons. The zero-order chi connectivity index (χ0) is 16.6. The highest BCUT2D eigenvalue weighted by Crippen LogP contribution is 2.31. The number of aromatic nitrogens is 2. The second-order valence-electron chi connectivity index (χ2n) is 5.03. The van der Waals surface area contributed by atoms with Crippen LogP contribution in [0.4, 0.5) is 13.2 Å². The number of carboxylic acid groups (broad SMARTS) is 1. The molecule has 0 unspecified atom stereocenters. The van der Waals surface area contributed by atoms with Crippen LogP contribution in [0, 0.1) is 0 Å². The largest absolute Gasteiger partial charge is 0.478 e. The average Bonchev–Trinajstić information content (AvgIpc) is 2.92. The van der Waals surface area contributed by atoms with Crippen molar-refractivity contribution < 1.29 is 23.1 Å². The predicted molar refractivity (Wildman–Crippen MR) is 77.2 cm³/mol. The van der Waals surface area contributed by atoms with Crippen molar-refractivity contribution in [2.75, 3.05) is 0 Å². The van der Waals surface area contributed by atoms with Crippen LogP contribution in [0.25, 0.3) is 10.8 Å². The molecule has 0 saturated carbocycles. The number of carboxylic acids is 1. The van der Waals surface area contributed by atoms with E-state index < -0.39 is 23.4 Å². The number of rotatable bonds is 3. The molecule has 4 nitrogen and oxygen atoms in total. The van der Waals surface area contributed by atoms with Crippen LogP contribution in [0.1, 0.15) is 21.6 Å². The summed E-state index contributed by atoms with van der Waals surface area (Å²) in [5.74, 6) is -1.65. The van der Waals surface area contributed by atoms with Gasteiger partial charge in [0.2, 0.25) is 0 Å². The van der Waals surface area contributed by atoms with Gasteiger partial charge in [-0.3, -0.25) is 4.68 Å². The minimum absolute atomic E-state index is 0.0533. The third-order valence-electron chi connectivity index (χ3n) is 3.47. The highest BCUT2D eigenvalue weighted by molar-refractivity contribution is 5.89. The minimum Gasteiger partial charge on any atom is -0.478 e. The average molecular weight is 320 g/mol. The van der Waals surface area contributed by atoms with Gasteiger partial charge >= 0.3 is 12.1 Å². The lowest BCUT2D eigenvalue weighted by Gasteiger charge is -2.07. The molecule has 7 heteroatoms. The first-order valence-corrected chi connectivity index (χ1v) is 6.71. The topological polar surface area (TPSA) is 55.1 Å². The van der Waals surface area contributed by atoms with Crippen LogP contribution in [0.2, 0.25) is 0 Å². The van der Waals surface area contributed by atoms with E-state index >= 15 is 0 Å². The molecule has 0 bridgehead atoms. The molecule has 1 heterocycles. The van der Waals surface area contributed by atoms with Gasteiger partial charge in [-0.05, 0) is 16.3 Å². The Labute approximate surface area is 128 Å². The number of alkyl halides is 3. The molecule has 118 valence electrons. The maximum absolute atomic E-state index is 12.9. The number of carbonyl (C=O) groups is 1. The first kappa shape index (κ1) is 15.1. The van der Waals surface area contributed by atoms with E-state index in [0.29, 0.717) is 0 Å². The summed E-state index contributed by atoms with van der Waals surface area (Å²) in [5, 5.41) is 14.2. The van der Waals surface area contributed by atoms with Gasteiger partial charge in [0.25, 0.3) is 0 Å². The Bertz CT molecular complexity index is 879. The van der Waals surface area contributed by atoms with Crippen molar-refractivity contribution in [3.05, 3.63) is 65.5 Å². The van der Waals surface area contributed by atoms with Crippen LogP contribution in [0.3, 0.4) is 0 Å². The van der Waals surface area contributed by atoms with Crippen LogP contribution < -0.4 is 0 Å². The SMILES string of the molecule is O=C(O)c1cn(Cc2cccc3ccccc23)nc1C(F)(F)F. The third kappa shape index (κ3) is 2.90. The molecule has 2 aromatic carbocycles. The Balaban J connectivity index is 2.04. The van der Waals surface area contributed by atoms with Crippen LogP contribution >= 0.6 is 0 Å². The fraction of sp³-hybridized carbons (Fsp3) is 0.125. The molecule has 0 aliphatic carbocycles. The van der Waals surface area contributed by atoms with Crippen molar-refractivity contribution in [3.8, 4) is 0 Å². The third-order valence-corrected chi connectivity index (χ3v) is 3.47. The lowest BCUT2D eigenvalue weighted by molar-refractivity contribution is -0.142. The molecule has 0 aliphatic heterocycles. The Morgan fingerprint density at radius 3 is 2.48 bits per heavy atom. The fourth-order valence-electron chi connectivity index (χ4n) is 2.47. The molecule has 0 saturated heterocycles. The molecule has 0 aliphatic rings. The first-order chi connectivity index (χ1) is 10.9. The van der Waals surface area contributed by atoms with Crippen molar-refractivity contribution >= 4 is 16.7 Å². The summed E-state index contributed by atoms with van der Waals surface area (Å²) in [6.07, 6.45) is -3.90. The Kier molecular flexibility index (Phi) is 3.55. The summed E-state index contributed by atoms with van der Waals surface area (Å²) >= 11 is 0. The van der Waals surface area contributed by atoms with E-state index in [-0.39, 0.29) is 6.54 Å². The maximum Gasteiger partial charge on any atom is 0.436 e. The monoisotopic (exact) mass is 320 g/mol. The molecule has 0 atom stereocenters. The maximum atomic E-state index is 12.9. The molecular weight excluding hydrogens is 309 g/mol. The molecular formula is C16H11F3N2O2. The van der Waals surface area contributed by atoms with Crippen molar-refractivity contribution in [1.29, 1.82) is 0 Å². The summed E-state index contributed by atoms with van der Waals surface area (Å²) in [6.45, 7) is 0.0533. The quantitative estimate of drug-likeness (QED) is 0.798. The van der Waals surface area contributed by atoms with E-state index in [2.05, 4.69) is 5.10 Å². The lowest BCUT2D eigenvalue weighted by Crippen LogP contribution is -2.12. The second kappa shape index (κ2) is 5.42. The van der Waals surface area contributed by atoms with E-state index in [0.717, 1.165) is 27.2 Å². The zero-order valence-electron chi connectivity index (χ0n) is 11.7. The summed E-state index contributed by atoms with van der Waals surface area (Å²) in [6, 6.07) is 12.9. The number of aromatic carboxylic acids is 1. The van der Waals surface area contributed by atoms with Gasteiger partial charge in [-0.2, -0.15) is 18.3 Å². The van der Waals surface area contributed by atoms with Gasteiger partial charge in [-0.15, -0.1) is 0 Å². The Hall–Kier alpha value is -2.83. The van der Waals surface area contributed by atoms with Crippen LogP contribution in [-0.4, -0.2) is 20.9 Å². The molecule has 3 rings (SSSR count). The number of halogens is 3. The van der Waals surface area contributed by atoms with Gasteiger partial charge in [0.05, 0.1) is 6.54 Å². The molecule has 23 heavy (non-hydrogen) atoms. The number of nitrogens with zero attached hydrogens (tertiary/aromatic N) is 2. The summed E-state index contributed by atoms with van der Waals surface area (Å²) in [4.78, 5) is 11.0. The Morgan fingerprint density at radius 1 is 1.13 bits per heavy atom. The highest BCUT2D eigenvalue weighted by atomic mass is 19.4. The van der Waals surface area contributed by atoms with Gasteiger partial charge in [-0.1, -0.05) is 42.5 Å². The molecule has 1 N–H and O–H groups in total. The van der Waals surface area contributed by atoms with E-state index in [4.69, 9.17) is 5.11 Å². The second-order valence-corrected chi connectivity index (χ2v) is 5.03. The zero-order valence-corrected chi connectivity index (χ0v) is 11.7. The van der Waals surface area contributed by atoms with Crippen LogP contribution in [-0.2, 0) is 12.7 Å². The molecule has 1 aromatic heterocycles. The van der Waals surface area contributed by atoms with Crippen LogP contribution in [0.15, 0.2) is 48.7 Å². The van der Waals surface area contributed by atoms with E-state index in [1.54, 1.807) is 12.1 Å². The molecule has 3 aromatic rings. The van der Waals surface area contributed by atoms with Gasteiger partial charge in [0.15, 0.2) is 5.69 Å². The molecule has 0 spiro atoms. The number of hydrogen-bond donors (Lipinski definition) is 1. The number of benzene rings is 2. The normalized spacial score (nSPS) is 11.8. The van der Waals surface area contributed by atoms with Gasteiger partial charge in [0, 0.05) is 6.20 Å². The van der Waals surface area contributed by atoms with Crippen LogP contribution in [0.5, 0.6) is 0 Å². The molecule has 0 fully saturated rings. The van der Waals surface area contributed by atoms with Crippen molar-refractivity contribution in [1.82, 2.24) is 9.78 Å². The lowest BCUT2D eigenvalue weighted by atomic mass is 10.0. The minimum atomic E-state index is -4.81. The van der Waals surface area contributed by atoms with Gasteiger partial charge in [0.1, 0.15) is 5.56 Å². The number of fused-ring (bicyclic) bond motifs is 1. The Morgan fingerprint density at radius 2 is 1.83 bits per heavy atom. The van der Waals surface area contributed by atoms with Gasteiger partial charge in [-0.25, -0.2) is 4.79 Å². The van der Waals surface area contributed by atoms with Crippen molar-refractivity contribution in [2.45, 2.75) is 12.7 Å². The fourth-order valence-corrected chi connectivity index (χ4v) is 2.47. The van der Waals surface area contributed by atoms with Gasteiger partial charge < -0.3 is 5.11 Å². The number of hydrogen-bond acceptors (Lipinski definition) is 2. The van der Waals surface area contributed by atoms with E-state index in [1.165, 1.54) is 0 Å². The highest BCUT2D eigenvalue weighted by Gasteiger charge is 2.39. The molecule has 0 amide bonds. The summed E-state index contributed by atoms with van der Waals surface area (Å²) in [7, 11) is 0. The van der Waals surface area contributed by atoms with Crippen molar-refractivity contribution in [3.63, 3.8) is 0 Å². The first-order valence-electron chi connectivity index (χ1n) is 6.71. The van der Waals surface area contributed by atoms with E-state index in [9.17, 15) is 18.0 Å². The predicted octanol–water partition coefficient (Wildman–Crippen LogP) is 3.80. The smallest absolute Gasteiger partial charge is 0.436 e. The standard InChI is InChI=1S/C16H11F3N2O2/c17-16(18,19)14-13(15(22)23)9-21(20-14)8-11-6-3-5-10-4-1-2-7-12(10)11/h1-7,9H,8H2,(H,22,23). The van der Waals surface area contributed by atoms with Crippen molar-refractivity contribution in [2.24, 2.45) is 0 Å². The summed E-state index contributed by atoms with van der Waals surface area (Å²) < 4.78 is 39.6. The van der Waals surface area contributed by atoms with E-state index in [1.807, 2.05) is 30.3 Å².